The lowest BCUT2D eigenvalue weighted by molar-refractivity contribution is 0.114. The van der Waals surface area contributed by atoms with Crippen LogP contribution in [-0.2, 0) is 4.74 Å². The molecule has 1 heterocycles. The molecule has 0 aromatic rings. The number of ether oxygens (including phenoxy) is 1. The fraction of sp³-hybridized carbons (Fsp3) is 1.00. The van der Waals surface area contributed by atoms with Gasteiger partial charge in [0.2, 0.25) is 0 Å². The summed E-state index contributed by atoms with van der Waals surface area (Å²) in [6.45, 7) is 6.20. The summed E-state index contributed by atoms with van der Waals surface area (Å²) in [5.74, 6) is 1.55. The first-order chi connectivity index (χ1) is 5.88. The van der Waals surface area contributed by atoms with Gasteiger partial charge in [-0.15, -0.1) is 0 Å². The van der Waals surface area contributed by atoms with Crippen LogP contribution in [0, 0.1) is 11.8 Å². The van der Waals surface area contributed by atoms with Gasteiger partial charge in [-0.1, -0.05) is 6.92 Å². The summed E-state index contributed by atoms with van der Waals surface area (Å²) in [7, 11) is 0. The maximum Gasteiger partial charge on any atom is 0.0558 e. The van der Waals surface area contributed by atoms with E-state index in [1.54, 1.807) is 0 Å². The molecule has 0 aromatic carbocycles. The molecule has 1 N–H and O–H groups in total. The molecule has 2 rings (SSSR count). The highest BCUT2D eigenvalue weighted by molar-refractivity contribution is 5.06. The van der Waals surface area contributed by atoms with Crippen LogP contribution >= 0.6 is 0 Å². The summed E-state index contributed by atoms with van der Waals surface area (Å²) in [5, 5.41) is 8.83. The first kappa shape index (κ1) is 8.48. The van der Waals surface area contributed by atoms with Gasteiger partial charge < -0.3 is 9.84 Å². The number of likely N-dealkylation sites (N-methyl/N-ethyl adjacent to an activating group) is 1. The van der Waals surface area contributed by atoms with E-state index >= 15 is 0 Å². The van der Waals surface area contributed by atoms with E-state index in [-0.39, 0.29) is 6.61 Å². The SMILES string of the molecule is CCN(CCO)C1C2COCC21. The van der Waals surface area contributed by atoms with E-state index < -0.39 is 0 Å². The zero-order chi connectivity index (χ0) is 8.55. The van der Waals surface area contributed by atoms with Crippen LogP contribution in [0.3, 0.4) is 0 Å². The lowest BCUT2D eigenvalue weighted by Gasteiger charge is -2.21. The van der Waals surface area contributed by atoms with Crippen molar-refractivity contribution < 1.29 is 9.84 Å². The normalized spacial score (nSPS) is 38.8. The van der Waals surface area contributed by atoms with Crippen LogP contribution in [-0.4, -0.2) is 49.0 Å². The zero-order valence-corrected chi connectivity index (χ0v) is 7.57. The molecule has 2 aliphatic rings. The average Bonchev–Trinajstić information content (AvgIpc) is 2.59. The van der Waals surface area contributed by atoms with Gasteiger partial charge >= 0.3 is 0 Å². The van der Waals surface area contributed by atoms with Crippen molar-refractivity contribution in [2.45, 2.75) is 13.0 Å². The Hall–Kier alpha value is -0.120. The predicted octanol–water partition coefficient (Wildman–Crippen LogP) is -0.0546. The smallest absolute Gasteiger partial charge is 0.0558 e. The van der Waals surface area contributed by atoms with Crippen LogP contribution in [0.15, 0.2) is 0 Å². The Balaban J connectivity index is 1.84. The molecule has 2 fully saturated rings. The Kier molecular flexibility index (Phi) is 2.35. The van der Waals surface area contributed by atoms with Crippen LogP contribution in [0.5, 0.6) is 0 Å². The number of rotatable bonds is 4. The number of aliphatic hydroxyl groups excluding tert-OH is 1. The molecule has 1 saturated carbocycles. The quantitative estimate of drug-likeness (QED) is 0.643. The number of fused-ring (bicyclic) bond motifs is 1. The van der Waals surface area contributed by atoms with Crippen LogP contribution in [0.4, 0.5) is 0 Å². The molecule has 1 aliphatic carbocycles. The minimum Gasteiger partial charge on any atom is -0.395 e. The average molecular weight is 171 g/mol. The number of hydrogen-bond acceptors (Lipinski definition) is 3. The highest BCUT2D eigenvalue weighted by Gasteiger charge is 2.56. The molecule has 0 radical (unpaired) electrons. The van der Waals surface area contributed by atoms with E-state index in [9.17, 15) is 0 Å². The van der Waals surface area contributed by atoms with Gasteiger partial charge in [-0.05, 0) is 6.54 Å². The second-order valence-electron chi connectivity index (χ2n) is 3.71. The molecule has 0 spiro atoms. The van der Waals surface area contributed by atoms with Crippen LogP contribution in [0.25, 0.3) is 0 Å². The molecule has 3 nitrogen and oxygen atoms in total. The Labute approximate surface area is 73.3 Å². The molecule has 12 heavy (non-hydrogen) atoms. The van der Waals surface area contributed by atoms with Gasteiger partial charge in [0, 0.05) is 24.4 Å². The Morgan fingerprint density at radius 2 is 2.08 bits per heavy atom. The Bertz CT molecular complexity index is 153. The summed E-state index contributed by atoms with van der Waals surface area (Å²) in [6.07, 6.45) is 0. The van der Waals surface area contributed by atoms with E-state index in [0.717, 1.165) is 44.2 Å². The van der Waals surface area contributed by atoms with Gasteiger partial charge in [-0.3, -0.25) is 4.90 Å². The first-order valence-electron chi connectivity index (χ1n) is 4.81. The van der Waals surface area contributed by atoms with Gasteiger partial charge in [0.05, 0.1) is 19.8 Å². The van der Waals surface area contributed by atoms with Gasteiger partial charge in [0.1, 0.15) is 0 Å². The van der Waals surface area contributed by atoms with Gasteiger partial charge in [0.15, 0.2) is 0 Å². The second kappa shape index (κ2) is 3.32. The topological polar surface area (TPSA) is 32.7 Å². The zero-order valence-electron chi connectivity index (χ0n) is 7.57. The molecule has 1 aliphatic heterocycles. The molecule has 2 atom stereocenters. The summed E-state index contributed by atoms with van der Waals surface area (Å²) in [6, 6.07) is 0.718. The lowest BCUT2D eigenvalue weighted by Crippen LogP contribution is -2.32. The van der Waals surface area contributed by atoms with E-state index in [4.69, 9.17) is 9.84 Å². The molecule has 70 valence electrons. The molecular formula is C9H17NO2. The maximum atomic E-state index is 8.83. The highest BCUT2D eigenvalue weighted by atomic mass is 16.5. The van der Waals surface area contributed by atoms with Crippen molar-refractivity contribution in [1.82, 2.24) is 4.90 Å². The molecule has 3 heteroatoms. The minimum atomic E-state index is 0.282. The van der Waals surface area contributed by atoms with Crippen molar-refractivity contribution in [3.05, 3.63) is 0 Å². The van der Waals surface area contributed by atoms with E-state index in [1.165, 1.54) is 0 Å². The summed E-state index contributed by atoms with van der Waals surface area (Å²) < 4.78 is 5.32. The third kappa shape index (κ3) is 1.26. The summed E-state index contributed by atoms with van der Waals surface area (Å²) in [5.41, 5.74) is 0. The minimum absolute atomic E-state index is 0.282. The third-order valence-corrected chi connectivity index (χ3v) is 3.12. The Morgan fingerprint density at radius 3 is 2.58 bits per heavy atom. The van der Waals surface area contributed by atoms with Gasteiger partial charge in [0.25, 0.3) is 0 Å². The molecule has 0 aromatic heterocycles. The van der Waals surface area contributed by atoms with Gasteiger partial charge in [-0.25, -0.2) is 0 Å². The fourth-order valence-corrected chi connectivity index (χ4v) is 2.40. The van der Waals surface area contributed by atoms with Crippen molar-refractivity contribution in [2.24, 2.45) is 11.8 Å². The van der Waals surface area contributed by atoms with Crippen molar-refractivity contribution in [1.29, 1.82) is 0 Å². The lowest BCUT2D eigenvalue weighted by atomic mass is 10.4. The van der Waals surface area contributed by atoms with Crippen molar-refractivity contribution in [2.75, 3.05) is 32.9 Å². The highest BCUT2D eigenvalue weighted by Crippen LogP contribution is 2.47. The second-order valence-corrected chi connectivity index (χ2v) is 3.71. The molecule has 0 bridgehead atoms. The van der Waals surface area contributed by atoms with Crippen LogP contribution in [0.1, 0.15) is 6.92 Å². The van der Waals surface area contributed by atoms with E-state index in [2.05, 4.69) is 11.8 Å². The van der Waals surface area contributed by atoms with Crippen molar-refractivity contribution in [3.8, 4) is 0 Å². The number of nitrogens with zero attached hydrogens (tertiary/aromatic N) is 1. The van der Waals surface area contributed by atoms with Gasteiger partial charge in [-0.2, -0.15) is 0 Å². The largest absolute Gasteiger partial charge is 0.395 e. The van der Waals surface area contributed by atoms with Crippen molar-refractivity contribution in [3.63, 3.8) is 0 Å². The molecule has 1 saturated heterocycles. The van der Waals surface area contributed by atoms with E-state index in [1.807, 2.05) is 0 Å². The van der Waals surface area contributed by atoms with E-state index in [0.29, 0.717) is 0 Å². The standard InChI is InChI=1S/C9H17NO2/c1-2-10(3-4-11)9-7-5-12-6-8(7)9/h7-9,11H,2-6H2,1H3. The monoisotopic (exact) mass is 171 g/mol. The van der Waals surface area contributed by atoms with Crippen LogP contribution < -0.4 is 0 Å². The third-order valence-electron chi connectivity index (χ3n) is 3.12. The van der Waals surface area contributed by atoms with Crippen molar-refractivity contribution >= 4 is 0 Å². The number of aliphatic hydroxyl groups is 1. The Morgan fingerprint density at radius 1 is 1.42 bits per heavy atom. The fourth-order valence-electron chi connectivity index (χ4n) is 2.40. The summed E-state index contributed by atoms with van der Waals surface area (Å²) in [4.78, 5) is 2.37. The predicted molar refractivity (Wildman–Crippen MR) is 45.9 cm³/mol. The molecule has 2 unspecified atom stereocenters. The maximum absolute atomic E-state index is 8.83. The van der Waals surface area contributed by atoms with Crippen LogP contribution in [0.2, 0.25) is 0 Å². The first-order valence-corrected chi connectivity index (χ1v) is 4.81. The molecule has 0 amide bonds. The molecular weight excluding hydrogens is 154 g/mol. The summed E-state index contributed by atoms with van der Waals surface area (Å²) >= 11 is 0. The number of hydrogen-bond donors (Lipinski definition) is 1.